The molecule has 2 heterocycles. The SMILES string of the molecule is CCn1c(=O)[nH]c2cc(C(=O)NCc3ccnc(OCC(F)(F)F)c3)ccc2c1=O. The lowest BCUT2D eigenvalue weighted by Crippen LogP contribution is -2.34. The maximum Gasteiger partial charge on any atom is 0.422 e. The summed E-state index contributed by atoms with van der Waals surface area (Å²) >= 11 is 0. The first-order valence-electron chi connectivity index (χ1n) is 8.87. The predicted octanol–water partition coefficient (Wildman–Crippen LogP) is 1.98. The van der Waals surface area contributed by atoms with Crippen LogP contribution in [0.15, 0.2) is 46.1 Å². The van der Waals surface area contributed by atoms with E-state index in [1.165, 1.54) is 36.5 Å². The van der Waals surface area contributed by atoms with Gasteiger partial charge in [-0.15, -0.1) is 0 Å². The van der Waals surface area contributed by atoms with Gasteiger partial charge >= 0.3 is 11.9 Å². The number of alkyl halides is 3. The normalized spacial score (nSPS) is 11.5. The fraction of sp³-hybridized carbons (Fsp3) is 0.263. The summed E-state index contributed by atoms with van der Waals surface area (Å²) in [6.07, 6.45) is -3.21. The van der Waals surface area contributed by atoms with E-state index in [2.05, 4.69) is 20.0 Å². The molecule has 1 aromatic carbocycles. The molecule has 0 aliphatic rings. The lowest BCUT2D eigenvalue weighted by molar-refractivity contribution is -0.154. The van der Waals surface area contributed by atoms with Crippen molar-refractivity contribution in [3.05, 3.63) is 68.5 Å². The van der Waals surface area contributed by atoms with Crippen molar-refractivity contribution in [1.29, 1.82) is 0 Å². The molecule has 2 aromatic heterocycles. The Balaban J connectivity index is 1.73. The van der Waals surface area contributed by atoms with Gasteiger partial charge in [0.1, 0.15) is 0 Å². The van der Waals surface area contributed by atoms with Gasteiger partial charge in [0, 0.05) is 30.9 Å². The predicted molar refractivity (Wildman–Crippen MR) is 101 cm³/mol. The largest absolute Gasteiger partial charge is 0.468 e. The first-order valence-corrected chi connectivity index (χ1v) is 8.87. The van der Waals surface area contributed by atoms with Gasteiger partial charge < -0.3 is 15.0 Å². The number of nitrogens with zero attached hydrogens (tertiary/aromatic N) is 2. The van der Waals surface area contributed by atoms with Crippen molar-refractivity contribution in [3.8, 4) is 5.88 Å². The van der Waals surface area contributed by atoms with Crippen molar-refractivity contribution in [3.63, 3.8) is 0 Å². The molecule has 0 aliphatic carbocycles. The van der Waals surface area contributed by atoms with Crippen molar-refractivity contribution in [1.82, 2.24) is 19.9 Å². The minimum atomic E-state index is -4.48. The maximum absolute atomic E-state index is 12.4. The number of amides is 1. The average Bonchev–Trinajstić information content (AvgIpc) is 2.70. The molecule has 0 radical (unpaired) electrons. The van der Waals surface area contributed by atoms with E-state index >= 15 is 0 Å². The number of fused-ring (bicyclic) bond motifs is 1. The van der Waals surface area contributed by atoms with Gasteiger partial charge in [-0.3, -0.25) is 14.2 Å². The molecule has 0 atom stereocenters. The summed E-state index contributed by atoms with van der Waals surface area (Å²) in [5, 5.41) is 2.88. The van der Waals surface area contributed by atoms with Crippen LogP contribution in [0, 0.1) is 0 Å². The molecule has 1 amide bonds. The van der Waals surface area contributed by atoms with E-state index < -0.39 is 29.9 Å². The van der Waals surface area contributed by atoms with Gasteiger partial charge in [0.05, 0.1) is 10.9 Å². The highest BCUT2D eigenvalue weighted by Crippen LogP contribution is 2.17. The first-order chi connectivity index (χ1) is 14.2. The number of ether oxygens (including phenoxy) is 1. The molecule has 158 valence electrons. The maximum atomic E-state index is 12.4. The fourth-order valence-electron chi connectivity index (χ4n) is 2.76. The molecule has 3 rings (SSSR count). The van der Waals surface area contributed by atoms with Crippen molar-refractivity contribution >= 4 is 16.8 Å². The lowest BCUT2D eigenvalue weighted by atomic mass is 10.1. The minimum Gasteiger partial charge on any atom is -0.468 e. The number of carbonyl (C=O) groups excluding carboxylic acids is 1. The van der Waals surface area contributed by atoms with Crippen LogP contribution in [0.5, 0.6) is 5.88 Å². The van der Waals surface area contributed by atoms with Crippen molar-refractivity contribution in [2.24, 2.45) is 0 Å². The van der Waals surface area contributed by atoms with Crippen molar-refractivity contribution < 1.29 is 22.7 Å². The quantitative estimate of drug-likeness (QED) is 0.632. The van der Waals surface area contributed by atoms with Crippen molar-refractivity contribution in [2.75, 3.05) is 6.61 Å². The van der Waals surface area contributed by atoms with Gasteiger partial charge in [0.2, 0.25) is 5.88 Å². The van der Waals surface area contributed by atoms with Crippen LogP contribution in [0.1, 0.15) is 22.8 Å². The average molecular weight is 422 g/mol. The van der Waals surface area contributed by atoms with Gasteiger partial charge in [-0.1, -0.05) is 0 Å². The van der Waals surface area contributed by atoms with E-state index in [4.69, 9.17) is 0 Å². The monoisotopic (exact) mass is 422 g/mol. The Hall–Kier alpha value is -3.63. The number of rotatable bonds is 6. The molecule has 0 bridgehead atoms. The molecule has 2 N–H and O–H groups in total. The summed E-state index contributed by atoms with van der Waals surface area (Å²) in [4.78, 5) is 42.9. The van der Waals surface area contributed by atoms with E-state index in [0.29, 0.717) is 5.56 Å². The smallest absolute Gasteiger partial charge is 0.422 e. The molecule has 0 aliphatic heterocycles. The third kappa shape index (κ3) is 4.85. The number of pyridine rings is 1. The Morgan fingerprint density at radius 3 is 2.70 bits per heavy atom. The van der Waals surface area contributed by atoms with Gasteiger partial charge in [-0.05, 0) is 36.8 Å². The third-order valence-corrected chi connectivity index (χ3v) is 4.20. The minimum absolute atomic E-state index is 0.00964. The molecule has 30 heavy (non-hydrogen) atoms. The van der Waals surface area contributed by atoms with Crippen LogP contribution in [0.2, 0.25) is 0 Å². The first kappa shape index (κ1) is 21.1. The number of H-pyrrole nitrogens is 1. The van der Waals surface area contributed by atoms with Crippen LogP contribution in [0.3, 0.4) is 0 Å². The molecule has 11 heteroatoms. The lowest BCUT2D eigenvalue weighted by Gasteiger charge is -2.10. The van der Waals surface area contributed by atoms with E-state index in [1.54, 1.807) is 6.92 Å². The number of halogens is 3. The summed E-state index contributed by atoms with van der Waals surface area (Å²) in [6.45, 7) is 0.427. The molecule has 8 nitrogen and oxygen atoms in total. The van der Waals surface area contributed by atoms with Crippen LogP contribution in [-0.4, -0.2) is 33.2 Å². The number of aromatic nitrogens is 3. The highest BCUT2D eigenvalue weighted by Gasteiger charge is 2.28. The van der Waals surface area contributed by atoms with Crippen LogP contribution < -0.4 is 21.3 Å². The second kappa shape index (κ2) is 8.39. The fourth-order valence-corrected chi connectivity index (χ4v) is 2.76. The summed E-state index contributed by atoms with van der Waals surface area (Å²) in [5.41, 5.74) is -0.110. The van der Waals surface area contributed by atoms with Crippen LogP contribution in [-0.2, 0) is 13.1 Å². The number of aromatic amines is 1. The highest BCUT2D eigenvalue weighted by atomic mass is 19.4. The molecule has 0 saturated heterocycles. The van der Waals surface area contributed by atoms with Crippen LogP contribution >= 0.6 is 0 Å². The van der Waals surface area contributed by atoms with Gasteiger partial charge in [-0.2, -0.15) is 13.2 Å². The van der Waals surface area contributed by atoms with Gasteiger partial charge in [0.25, 0.3) is 11.5 Å². The van der Waals surface area contributed by atoms with Crippen LogP contribution in [0.25, 0.3) is 10.9 Å². The second-order valence-electron chi connectivity index (χ2n) is 6.33. The highest BCUT2D eigenvalue weighted by molar-refractivity contribution is 5.97. The van der Waals surface area contributed by atoms with E-state index in [0.717, 1.165) is 4.57 Å². The topological polar surface area (TPSA) is 106 Å². The number of hydrogen-bond acceptors (Lipinski definition) is 5. The Labute approximate surface area is 167 Å². The zero-order valence-corrected chi connectivity index (χ0v) is 15.7. The summed E-state index contributed by atoms with van der Waals surface area (Å²) in [6, 6.07) is 7.09. The summed E-state index contributed by atoms with van der Waals surface area (Å²) < 4.78 is 42.3. The summed E-state index contributed by atoms with van der Waals surface area (Å²) in [7, 11) is 0. The molecular formula is C19H17F3N4O4. The molecule has 0 saturated carbocycles. The summed E-state index contributed by atoms with van der Waals surface area (Å²) in [5.74, 6) is -0.707. The molecule has 0 unspecified atom stereocenters. The van der Waals surface area contributed by atoms with E-state index in [-0.39, 0.29) is 35.4 Å². The number of benzene rings is 1. The number of hydrogen-bond donors (Lipinski definition) is 2. The Bertz CT molecular complexity index is 1200. The van der Waals surface area contributed by atoms with Crippen molar-refractivity contribution in [2.45, 2.75) is 26.2 Å². The molecule has 0 fully saturated rings. The van der Waals surface area contributed by atoms with E-state index in [1.807, 2.05) is 0 Å². The number of carbonyl (C=O) groups is 1. The van der Waals surface area contributed by atoms with Gasteiger partial charge in [0.15, 0.2) is 6.61 Å². The Morgan fingerprint density at radius 2 is 2.00 bits per heavy atom. The Morgan fingerprint density at radius 1 is 1.23 bits per heavy atom. The zero-order chi connectivity index (χ0) is 21.9. The van der Waals surface area contributed by atoms with E-state index in [9.17, 15) is 27.6 Å². The Kier molecular flexibility index (Phi) is 5.90. The zero-order valence-electron chi connectivity index (χ0n) is 15.7. The number of nitrogens with one attached hydrogen (secondary N) is 2. The molecule has 0 spiro atoms. The third-order valence-electron chi connectivity index (χ3n) is 4.20. The van der Waals surface area contributed by atoms with Gasteiger partial charge in [-0.25, -0.2) is 9.78 Å². The second-order valence-corrected chi connectivity index (χ2v) is 6.33. The van der Waals surface area contributed by atoms with Crippen LogP contribution in [0.4, 0.5) is 13.2 Å². The standard InChI is InChI=1S/C19H17F3N4O4/c1-2-26-17(28)13-4-3-12(8-14(13)25-18(26)29)16(27)24-9-11-5-6-23-15(7-11)30-10-19(20,21)22/h3-8H,2,9-10H2,1H3,(H,24,27)(H,25,29). The molecule has 3 aromatic rings. The molecular weight excluding hydrogens is 405 g/mol.